The minimum atomic E-state index is 0.139. The van der Waals surface area contributed by atoms with Crippen molar-refractivity contribution in [2.75, 3.05) is 0 Å². The molecule has 1 aliphatic rings. The van der Waals surface area contributed by atoms with Crippen LogP contribution < -0.4 is 10.5 Å². The lowest BCUT2D eigenvalue weighted by Gasteiger charge is -2.28. The molecular formula is C13H19NO. The standard InChI is InChI=1S/C13H19NO/c1-3-4-10-5-6-13-11(8-10)12(14)7-9(2)15-13/h5-6,8-9,12H,3-4,7,14H2,1-2H3. The zero-order valence-corrected chi connectivity index (χ0v) is 9.49. The Balaban J connectivity index is 2.30. The van der Waals surface area contributed by atoms with Gasteiger partial charge in [0.25, 0.3) is 0 Å². The van der Waals surface area contributed by atoms with Gasteiger partial charge in [-0.2, -0.15) is 0 Å². The SMILES string of the molecule is CCCc1ccc2c(c1)C(N)CC(C)O2. The van der Waals surface area contributed by atoms with Gasteiger partial charge in [0, 0.05) is 18.0 Å². The van der Waals surface area contributed by atoms with Gasteiger partial charge in [0.05, 0.1) is 6.10 Å². The molecule has 0 aromatic heterocycles. The van der Waals surface area contributed by atoms with Crippen molar-refractivity contribution in [2.45, 2.75) is 45.3 Å². The zero-order chi connectivity index (χ0) is 10.8. The van der Waals surface area contributed by atoms with Crippen molar-refractivity contribution in [3.05, 3.63) is 29.3 Å². The van der Waals surface area contributed by atoms with Crippen molar-refractivity contribution < 1.29 is 4.74 Å². The van der Waals surface area contributed by atoms with Crippen LogP contribution in [-0.2, 0) is 6.42 Å². The van der Waals surface area contributed by atoms with Crippen LogP contribution in [0.5, 0.6) is 5.75 Å². The van der Waals surface area contributed by atoms with Crippen molar-refractivity contribution in [3.63, 3.8) is 0 Å². The van der Waals surface area contributed by atoms with E-state index in [1.165, 1.54) is 17.5 Å². The van der Waals surface area contributed by atoms with Gasteiger partial charge in [-0.15, -0.1) is 0 Å². The van der Waals surface area contributed by atoms with Gasteiger partial charge in [0.1, 0.15) is 5.75 Å². The summed E-state index contributed by atoms with van der Waals surface area (Å²) < 4.78 is 5.76. The van der Waals surface area contributed by atoms with E-state index in [1.54, 1.807) is 0 Å². The smallest absolute Gasteiger partial charge is 0.124 e. The molecule has 2 N–H and O–H groups in total. The largest absolute Gasteiger partial charge is 0.490 e. The van der Waals surface area contributed by atoms with Crippen LogP contribution in [0.3, 0.4) is 0 Å². The summed E-state index contributed by atoms with van der Waals surface area (Å²) in [5, 5.41) is 0. The zero-order valence-electron chi connectivity index (χ0n) is 9.49. The minimum Gasteiger partial charge on any atom is -0.490 e. The molecule has 1 aromatic carbocycles. The number of hydrogen-bond acceptors (Lipinski definition) is 2. The first kappa shape index (κ1) is 10.5. The highest BCUT2D eigenvalue weighted by Crippen LogP contribution is 2.33. The summed E-state index contributed by atoms with van der Waals surface area (Å²) in [6.45, 7) is 4.26. The van der Waals surface area contributed by atoms with Crippen molar-refractivity contribution >= 4 is 0 Å². The molecule has 15 heavy (non-hydrogen) atoms. The van der Waals surface area contributed by atoms with Crippen molar-refractivity contribution in [1.29, 1.82) is 0 Å². The van der Waals surface area contributed by atoms with Crippen LogP contribution in [0.25, 0.3) is 0 Å². The normalized spacial score (nSPS) is 24.5. The first-order valence-corrected chi connectivity index (χ1v) is 5.75. The maximum Gasteiger partial charge on any atom is 0.124 e. The lowest BCUT2D eigenvalue weighted by atomic mass is 9.95. The van der Waals surface area contributed by atoms with Gasteiger partial charge in [-0.25, -0.2) is 0 Å². The van der Waals surface area contributed by atoms with Crippen LogP contribution in [0.1, 0.15) is 43.9 Å². The molecule has 2 heteroatoms. The third-order valence-electron chi connectivity index (χ3n) is 2.93. The topological polar surface area (TPSA) is 35.2 Å². The lowest BCUT2D eigenvalue weighted by molar-refractivity contribution is 0.177. The Morgan fingerprint density at radius 3 is 3.00 bits per heavy atom. The van der Waals surface area contributed by atoms with Gasteiger partial charge in [-0.3, -0.25) is 0 Å². The Morgan fingerprint density at radius 1 is 1.47 bits per heavy atom. The van der Waals surface area contributed by atoms with E-state index in [0.29, 0.717) is 0 Å². The number of hydrogen-bond donors (Lipinski definition) is 1. The van der Waals surface area contributed by atoms with Gasteiger partial charge >= 0.3 is 0 Å². The Bertz CT molecular complexity index is 348. The molecule has 2 unspecified atom stereocenters. The van der Waals surface area contributed by atoms with E-state index in [0.717, 1.165) is 18.6 Å². The molecule has 0 saturated carbocycles. The summed E-state index contributed by atoms with van der Waals surface area (Å²) in [6, 6.07) is 6.55. The number of benzene rings is 1. The molecule has 82 valence electrons. The highest BCUT2D eigenvalue weighted by molar-refractivity contribution is 5.41. The Hall–Kier alpha value is -1.02. The first-order chi connectivity index (χ1) is 7.20. The molecule has 0 radical (unpaired) electrons. The molecule has 0 spiro atoms. The molecule has 1 aliphatic heterocycles. The van der Waals surface area contributed by atoms with Crippen molar-refractivity contribution in [2.24, 2.45) is 5.73 Å². The second-order valence-electron chi connectivity index (χ2n) is 4.39. The van der Waals surface area contributed by atoms with Crippen molar-refractivity contribution in [1.82, 2.24) is 0 Å². The van der Waals surface area contributed by atoms with Crippen molar-refractivity contribution in [3.8, 4) is 5.75 Å². The van der Waals surface area contributed by atoms with Crippen LogP contribution >= 0.6 is 0 Å². The van der Waals surface area contributed by atoms with E-state index in [2.05, 4.69) is 32.0 Å². The molecule has 1 aromatic rings. The molecule has 2 atom stereocenters. The Morgan fingerprint density at radius 2 is 2.27 bits per heavy atom. The summed E-state index contributed by atoms with van der Waals surface area (Å²) in [4.78, 5) is 0. The maximum atomic E-state index is 6.12. The van der Waals surface area contributed by atoms with E-state index in [9.17, 15) is 0 Å². The summed E-state index contributed by atoms with van der Waals surface area (Å²) in [6.07, 6.45) is 3.45. The second kappa shape index (κ2) is 4.23. The molecule has 2 nitrogen and oxygen atoms in total. The fraction of sp³-hybridized carbons (Fsp3) is 0.538. The molecule has 0 bridgehead atoms. The molecular weight excluding hydrogens is 186 g/mol. The molecule has 0 fully saturated rings. The quantitative estimate of drug-likeness (QED) is 0.805. The van der Waals surface area contributed by atoms with Gasteiger partial charge in [0.2, 0.25) is 0 Å². The van der Waals surface area contributed by atoms with E-state index in [4.69, 9.17) is 10.5 Å². The molecule has 2 rings (SSSR count). The predicted octanol–water partition coefficient (Wildman–Crippen LogP) is 2.81. The molecule has 0 amide bonds. The van der Waals surface area contributed by atoms with Gasteiger partial charge in [0.15, 0.2) is 0 Å². The highest BCUT2D eigenvalue weighted by Gasteiger charge is 2.22. The lowest BCUT2D eigenvalue weighted by Crippen LogP contribution is -2.27. The van der Waals surface area contributed by atoms with Gasteiger partial charge in [-0.05, 0) is 25.0 Å². The van der Waals surface area contributed by atoms with E-state index in [-0.39, 0.29) is 12.1 Å². The number of fused-ring (bicyclic) bond motifs is 1. The van der Waals surface area contributed by atoms with E-state index in [1.807, 2.05) is 0 Å². The molecule has 1 heterocycles. The summed E-state index contributed by atoms with van der Waals surface area (Å²) in [5.74, 6) is 0.973. The fourth-order valence-corrected chi connectivity index (χ4v) is 2.19. The fourth-order valence-electron chi connectivity index (χ4n) is 2.19. The molecule has 0 saturated heterocycles. The number of nitrogens with two attached hydrogens (primary N) is 1. The molecule has 0 aliphatic carbocycles. The third kappa shape index (κ3) is 2.15. The van der Waals surface area contributed by atoms with Gasteiger partial charge in [-0.1, -0.05) is 25.5 Å². The monoisotopic (exact) mass is 205 g/mol. The average molecular weight is 205 g/mol. The summed E-state index contributed by atoms with van der Waals surface area (Å²) >= 11 is 0. The van der Waals surface area contributed by atoms with E-state index < -0.39 is 0 Å². The number of ether oxygens (including phenoxy) is 1. The average Bonchev–Trinajstić information content (AvgIpc) is 2.19. The minimum absolute atomic E-state index is 0.139. The van der Waals surface area contributed by atoms with Crippen LogP contribution in [0, 0.1) is 0 Å². The summed E-state index contributed by atoms with van der Waals surface area (Å²) in [7, 11) is 0. The Kier molecular flexibility index (Phi) is 2.96. The van der Waals surface area contributed by atoms with Crippen LogP contribution in [-0.4, -0.2) is 6.10 Å². The second-order valence-corrected chi connectivity index (χ2v) is 4.39. The number of rotatable bonds is 2. The third-order valence-corrected chi connectivity index (χ3v) is 2.93. The van der Waals surface area contributed by atoms with Gasteiger partial charge < -0.3 is 10.5 Å². The van der Waals surface area contributed by atoms with Crippen LogP contribution in [0.2, 0.25) is 0 Å². The number of aryl methyl sites for hydroxylation is 1. The summed E-state index contributed by atoms with van der Waals surface area (Å²) in [5.41, 5.74) is 8.67. The predicted molar refractivity (Wildman–Crippen MR) is 62.1 cm³/mol. The van der Waals surface area contributed by atoms with Crippen LogP contribution in [0.4, 0.5) is 0 Å². The Labute approximate surface area is 91.4 Å². The first-order valence-electron chi connectivity index (χ1n) is 5.75. The van der Waals surface area contributed by atoms with Crippen LogP contribution in [0.15, 0.2) is 18.2 Å². The van der Waals surface area contributed by atoms with E-state index >= 15 is 0 Å². The maximum absolute atomic E-state index is 6.12. The highest BCUT2D eigenvalue weighted by atomic mass is 16.5.